The number of amides is 1. The van der Waals surface area contributed by atoms with Gasteiger partial charge in [0.1, 0.15) is 0 Å². The Balaban J connectivity index is 3.39. The molecule has 0 saturated carbocycles. The average molecular weight is 1110 g/mol. The first-order valence-electron chi connectivity index (χ1n) is 35.4. The third-order valence-corrected chi connectivity index (χ3v) is 16.3. The molecule has 2 unspecified atom stereocenters. The minimum Gasteiger partial charge on any atom is -0.466 e. The van der Waals surface area contributed by atoms with Gasteiger partial charge in [-0.25, -0.2) is 0 Å². The van der Waals surface area contributed by atoms with Crippen LogP contribution in [0, 0.1) is 0 Å². The first kappa shape index (κ1) is 76.8. The number of unbranched alkanes of at least 4 members (excludes halogenated alkanes) is 49. The predicted octanol–water partition coefficient (Wildman–Crippen LogP) is 22.9. The molecule has 0 aromatic rings. The van der Waals surface area contributed by atoms with Gasteiger partial charge in [-0.15, -0.1) is 0 Å². The monoisotopic (exact) mass is 1110 g/mol. The number of aliphatic hydroxyl groups is 2. The van der Waals surface area contributed by atoms with E-state index < -0.39 is 12.1 Å². The van der Waals surface area contributed by atoms with E-state index in [2.05, 4.69) is 55.6 Å². The number of carbonyl (C=O) groups excluding carboxylic acids is 2. The maximum Gasteiger partial charge on any atom is 0.305 e. The van der Waals surface area contributed by atoms with E-state index in [9.17, 15) is 19.8 Å². The number of rotatable bonds is 66. The first-order valence-corrected chi connectivity index (χ1v) is 35.4. The highest BCUT2D eigenvalue weighted by Crippen LogP contribution is 2.18. The summed E-state index contributed by atoms with van der Waals surface area (Å²) in [5.41, 5.74) is 0. The zero-order chi connectivity index (χ0) is 57.1. The fourth-order valence-corrected chi connectivity index (χ4v) is 10.9. The van der Waals surface area contributed by atoms with Gasteiger partial charge in [0.2, 0.25) is 5.91 Å². The number of carbonyl (C=O) groups is 2. The summed E-state index contributed by atoms with van der Waals surface area (Å²) in [6.45, 7) is 4.90. The molecule has 0 rings (SSSR count). The fraction of sp³-hybridized carbons (Fsp3) is 0.863. The highest BCUT2D eigenvalue weighted by molar-refractivity contribution is 5.76. The zero-order valence-corrected chi connectivity index (χ0v) is 53.1. The summed E-state index contributed by atoms with van der Waals surface area (Å²) < 4.78 is 5.47. The fourth-order valence-electron chi connectivity index (χ4n) is 10.9. The van der Waals surface area contributed by atoms with Gasteiger partial charge in [0.25, 0.3) is 0 Å². The van der Waals surface area contributed by atoms with E-state index in [1.807, 2.05) is 6.08 Å². The second kappa shape index (κ2) is 68.3. The Kier molecular flexibility index (Phi) is 66.4. The van der Waals surface area contributed by atoms with Crippen molar-refractivity contribution in [1.29, 1.82) is 0 Å². The molecule has 0 spiro atoms. The number of aliphatic hydroxyl groups excluding tert-OH is 2. The smallest absolute Gasteiger partial charge is 0.305 e. The minimum absolute atomic E-state index is 0.00638. The second-order valence-electron chi connectivity index (χ2n) is 24.2. The lowest BCUT2D eigenvalue weighted by atomic mass is 10.0. The van der Waals surface area contributed by atoms with Crippen molar-refractivity contribution < 1.29 is 24.5 Å². The van der Waals surface area contributed by atoms with E-state index in [1.54, 1.807) is 6.08 Å². The van der Waals surface area contributed by atoms with Crippen LogP contribution in [0.1, 0.15) is 380 Å². The number of esters is 1. The van der Waals surface area contributed by atoms with Crippen LogP contribution in [0.25, 0.3) is 0 Å². The van der Waals surface area contributed by atoms with Crippen molar-refractivity contribution in [2.45, 2.75) is 392 Å². The van der Waals surface area contributed by atoms with E-state index in [-0.39, 0.29) is 18.5 Å². The van der Waals surface area contributed by atoms with Crippen molar-refractivity contribution >= 4 is 11.9 Å². The Bertz CT molecular complexity index is 1320. The maximum atomic E-state index is 12.5. The number of allylic oxidation sites excluding steroid dienone is 7. The van der Waals surface area contributed by atoms with Crippen molar-refractivity contribution in [3.63, 3.8) is 0 Å². The summed E-state index contributed by atoms with van der Waals surface area (Å²) in [5, 5.41) is 23.2. The molecule has 6 nitrogen and oxygen atoms in total. The van der Waals surface area contributed by atoms with E-state index in [0.717, 1.165) is 51.4 Å². The first-order chi connectivity index (χ1) is 39.0. The summed E-state index contributed by atoms with van der Waals surface area (Å²) in [7, 11) is 0. The molecule has 0 heterocycles. The summed E-state index contributed by atoms with van der Waals surface area (Å²) in [6, 6.07) is -0.626. The zero-order valence-electron chi connectivity index (χ0n) is 53.1. The number of ether oxygens (including phenoxy) is 1. The molecule has 1 amide bonds. The van der Waals surface area contributed by atoms with Crippen LogP contribution in [0.15, 0.2) is 48.6 Å². The van der Waals surface area contributed by atoms with Crippen LogP contribution >= 0.6 is 0 Å². The van der Waals surface area contributed by atoms with Gasteiger partial charge in [0.05, 0.1) is 25.4 Å². The van der Waals surface area contributed by atoms with Crippen molar-refractivity contribution in [3.05, 3.63) is 48.6 Å². The molecule has 0 saturated heterocycles. The number of hydrogen-bond donors (Lipinski definition) is 3. The lowest BCUT2D eigenvalue weighted by Crippen LogP contribution is -2.45. The van der Waals surface area contributed by atoms with Gasteiger partial charge in [-0.1, -0.05) is 326 Å². The molecule has 0 aliphatic rings. The van der Waals surface area contributed by atoms with Gasteiger partial charge >= 0.3 is 5.97 Å². The molecule has 0 radical (unpaired) electrons. The molecule has 464 valence electrons. The Morgan fingerprint density at radius 1 is 0.354 bits per heavy atom. The number of nitrogens with one attached hydrogen (secondary N) is 1. The van der Waals surface area contributed by atoms with E-state index in [0.29, 0.717) is 19.4 Å². The molecule has 0 aromatic carbocycles. The highest BCUT2D eigenvalue weighted by atomic mass is 16.5. The summed E-state index contributed by atoms with van der Waals surface area (Å²) in [4.78, 5) is 24.5. The molecular weight excluding hydrogens is 971 g/mol. The molecule has 79 heavy (non-hydrogen) atoms. The van der Waals surface area contributed by atoms with Crippen LogP contribution in [0.5, 0.6) is 0 Å². The second-order valence-corrected chi connectivity index (χ2v) is 24.2. The normalized spacial score (nSPS) is 12.8. The maximum absolute atomic E-state index is 12.5. The number of hydrogen-bond acceptors (Lipinski definition) is 5. The Morgan fingerprint density at radius 3 is 1.00 bits per heavy atom. The Hall–Kier alpha value is -2.18. The van der Waals surface area contributed by atoms with Crippen LogP contribution in [0.3, 0.4) is 0 Å². The molecular formula is C73H137NO5. The SMILES string of the molecule is CCCCC/C=C\CCCCCCCC(=O)OCCCCCCCCCCCCC/C=C\C/C=C\CCCCCCCCCCCCCCCCCCCC(=O)NC(CO)C(O)/C=C/CCCCCCCCCCCCCCC. The molecule has 0 aliphatic heterocycles. The van der Waals surface area contributed by atoms with E-state index in [4.69, 9.17) is 4.74 Å². The molecule has 0 aliphatic carbocycles. The summed E-state index contributed by atoms with van der Waals surface area (Å²) in [6.07, 6.45) is 89.1. The van der Waals surface area contributed by atoms with Crippen molar-refractivity contribution in [1.82, 2.24) is 5.32 Å². The highest BCUT2D eigenvalue weighted by Gasteiger charge is 2.18. The topological polar surface area (TPSA) is 95.9 Å². The van der Waals surface area contributed by atoms with Crippen molar-refractivity contribution in [3.8, 4) is 0 Å². The van der Waals surface area contributed by atoms with Gasteiger partial charge in [-0.2, -0.15) is 0 Å². The van der Waals surface area contributed by atoms with Crippen LogP contribution in [0.2, 0.25) is 0 Å². The van der Waals surface area contributed by atoms with E-state index in [1.165, 1.54) is 302 Å². The van der Waals surface area contributed by atoms with Crippen LogP contribution < -0.4 is 5.32 Å². The van der Waals surface area contributed by atoms with E-state index >= 15 is 0 Å². The van der Waals surface area contributed by atoms with Gasteiger partial charge in [-0.05, 0) is 89.9 Å². The average Bonchev–Trinajstić information content (AvgIpc) is 3.45. The minimum atomic E-state index is -0.843. The van der Waals surface area contributed by atoms with Crippen molar-refractivity contribution in [2.75, 3.05) is 13.2 Å². The van der Waals surface area contributed by atoms with Gasteiger partial charge < -0.3 is 20.3 Å². The molecule has 0 fully saturated rings. The molecule has 2 atom stereocenters. The molecule has 0 aromatic heterocycles. The van der Waals surface area contributed by atoms with Gasteiger partial charge in [0, 0.05) is 12.8 Å². The Morgan fingerprint density at radius 2 is 0.633 bits per heavy atom. The third-order valence-electron chi connectivity index (χ3n) is 16.3. The predicted molar refractivity (Wildman–Crippen MR) is 347 cm³/mol. The lowest BCUT2D eigenvalue weighted by Gasteiger charge is -2.20. The molecule has 0 bridgehead atoms. The van der Waals surface area contributed by atoms with Gasteiger partial charge in [0.15, 0.2) is 0 Å². The van der Waals surface area contributed by atoms with Crippen LogP contribution in [-0.2, 0) is 14.3 Å². The van der Waals surface area contributed by atoms with Crippen LogP contribution in [-0.4, -0.2) is 47.4 Å². The largest absolute Gasteiger partial charge is 0.466 e. The van der Waals surface area contributed by atoms with Crippen LogP contribution in [0.4, 0.5) is 0 Å². The standard InChI is InChI=1S/C73H137NO5/c1-3-5-7-9-11-13-15-17-39-42-45-49-53-57-61-65-71(76)70(69-75)74-72(77)66-62-58-54-50-46-43-40-37-35-33-31-29-27-25-23-21-19-18-20-22-24-26-28-30-32-34-36-38-41-44-48-52-56-60-64-68-79-73(78)67-63-59-55-51-47-16-14-12-10-8-6-4-2/h12,14,20,22,26,28,61,65,70-71,75-76H,3-11,13,15-19,21,23-25,27,29-60,62-64,66-69H2,1-2H3,(H,74,77)/b14-12-,22-20-,28-26-,65-61+. The molecule has 3 N–H and O–H groups in total. The lowest BCUT2D eigenvalue weighted by molar-refractivity contribution is -0.143. The third kappa shape index (κ3) is 64.8. The summed E-state index contributed by atoms with van der Waals surface area (Å²) >= 11 is 0. The quantitative estimate of drug-likeness (QED) is 0.0320. The summed E-state index contributed by atoms with van der Waals surface area (Å²) in [5.74, 6) is -0.0575. The molecule has 6 heteroatoms. The van der Waals surface area contributed by atoms with Crippen molar-refractivity contribution in [2.24, 2.45) is 0 Å². The van der Waals surface area contributed by atoms with Gasteiger partial charge in [-0.3, -0.25) is 9.59 Å². The Labute approximate surface area is 493 Å².